The van der Waals surface area contributed by atoms with E-state index in [1.807, 2.05) is 50.2 Å². The number of halogens is 1. The molecule has 3 N–H and O–H groups in total. The number of ether oxygens (including phenoxy) is 2. The van der Waals surface area contributed by atoms with Crippen LogP contribution in [0, 0.1) is 6.92 Å². The first kappa shape index (κ1) is 24.0. The van der Waals surface area contributed by atoms with Crippen LogP contribution in [0.25, 0.3) is 0 Å². The summed E-state index contributed by atoms with van der Waals surface area (Å²) >= 11 is 6.03. The van der Waals surface area contributed by atoms with Crippen molar-refractivity contribution >= 4 is 56.3 Å². The summed E-state index contributed by atoms with van der Waals surface area (Å²) in [5, 5.41) is 12.0. The number of nitrogens with zero attached hydrogens (tertiary/aromatic N) is 3. The lowest BCUT2D eigenvalue weighted by molar-refractivity contribution is -0.118. The van der Waals surface area contributed by atoms with E-state index in [0.717, 1.165) is 21.2 Å². The number of hydrogen-bond acceptors (Lipinski definition) is 9. The third-order valence-electron chi connectivity index (χ3n) is 4.12. The molecule has 11 heteroatoms. The van der Waals surface area contributed by atoms with Gasteiger partial charge in [-0.1, -0.05) is 47.4 Å². The van der Waals surface area contributed by atoms with Gasteiger partial charge in [0.05, 0.1) is 23.0 Å². The lowest BCUT2D eigenvalue weighted by Crippen LogP contribution is -2.19. The maximum Gasteiger partial charge on any atom is 0.250 e. The van der Waals surface area contributed by atoms with Crippen LogP contribution in [0.15, 0.2) is 50.3 Å². The molecule has 3 aromatic rings. The zero-order valence-corrected chi connectivity index (χ0v) is 20.7. The van der Waals surface area contributed by atoms with Gasteiger partial charge in [0.15, 0.2) is 15.8 Å². The summed E-state index contributed by atoms with van der Waals surface area (Å²) in [7, 11) is 0. The van der Waals surface area contributed by atoms with Gasteiger partial charge in [-0.05, 0) is 58.6 Å². The molecule has 0 unspecified atom stereocenters. The third-order valence-corrected chi connectivity index (χ3v) is 6.59. The Labute approximate surface area is 202 Å². The van der Waals surface area contributed by atoms with Crippen molar-refractivity contribution in [3.05, 3.63) is 57.6 Å². The molecule has 0 bridgehead atoms. The number of hydrazone groups is 1. The average molecular weight is 536 g/mol. The van der Waals surface area contributed by atoms with Crippen LogP contribution in [0.3, 0.4) is 0 Å². The number of hydrogen-bond donors (Lipinski definition) is 2. The maximum absolute atomic E-state index is 12.0. The fraction of sp³-hybridized carbons (Fsp3) is 0.238. The summed E-state index contributed by atoms with van der Waals surface area (Å²) in [5.41, 5.74) is 11.0. The van der Waals surface area contributed by atoms with E-state index in [0.29, 0.717) is 34.2 Å². The highest BCUT2D eigenvalue weighted by Gasteiger charge is 2.13. The van der Waals surface area contributed by atoms with Gasteiger partial charge in [0, 0.05) is 0 Å². The number of amides is 1. The summed E-state index contributed by atoms with van der Waals surface area (Å²) in [4.78, 5) is 12.0. The largest absolute Gasteiger partial charge is 0.490 e. The smallest absolute Gasteiger partial charge is 0.250 e. The van der Waals surface area contributed by atoms with Crippen molar-refractivity contribution in [1.29, 1.82) is 0 Å². The van der Waals surface area contributed by atoms with E-state index in [1.165, 1.54) is 23.1 Å². The van der Waals surface area contributed by atoms with Crippen LogP contribution in [-0.2, 0) is 11.4 Å². The first-order valence-corrected chi connectivity index (χ1v) is 12.2. The molecular weight excluding hydrogens is 514 g/mol. The number of nitrogens with one attached hydrogen (secondary N) is 1. The predicted octanol–water partition coefficient (Wildman–Crippen LogP) is 4.41. The molecule has 168 valence electrons. The SMILES string of the molecule is CCOc1cc(C=NNC(=O)CSc2nnc(N)s2)cc(Br)c1OCc1ccccc1C. The van der Waals surface area contributed by atoms with Crippen LogP contribution in [0.2, 0.25) is 0 Å². The molecule has 32 heavy (non-hydrogen) atoms. The highest BCUT2D eigenvalue weighted by molar-refractivity contribution is 9.10. The van der Waals surface area contributed by atoms with Crippen LogP contribution >= 0.6 is 39.0 Å². The van der Waals surface area contributed by atoms with Crippen LogP contribution in [0.1, 0.15) is 23.6 Å². The molecule has 1 heterocycles. The van der Waals surface area contributed by atoms with E-state index in [9.17, 15) is 4.79 Å². The van der Waals surface area contributed by atoms with Crippen molar-refractivity contribution in [3.63, 3.8) is 0 Å². The Balaban J connectivity index is 1.62. The second kappa shape index (κ2) is 11.8. The summed E-state index contributed by atoms with van der Waals surface area (Å²) in [6.45, 7) is 4.86. The van der Waals surface area contributed by atoms with Crippen molar-refractivity contribution in [2.24, 2.45) is 5.10 Å². The van der Waals surface area contributed by atoms with E-state index in [2.05, 4.69) is 36.7 Å². The minimum atomic E-state index is -0.262. The molecular formula is C21H22BrN5O3S2. The van der Waals surface area contributed by atoms with E-state index in [-0.39, 0.29) is 11.7 Å². The van der Waals surface area contributed by atoms with Gasteiger partial charge < -0.3 is 15.2 Å². The van der Waals surface area contributed by atoms with Crippen LogP contribution in [0.5, 0.6) is 11.5 Å². The summed E-state index contributed by atoms with van der Waals surface area (Å²) in [5.74, 6) is 1.10. The average Bonchev–Trinajstić information content (AvgIpc) is 3.18. The van der Waals surface area contributed by atoms with Gasteiger partial charge in [0.25, 0.3) is 5.91 Å². The number of nitrogen functional groups attached to an aromatic ring is 1. The molecule has 0 aliphatic heterocycles. The van der Waals surface area contributed by atoms with Crippen LogP contribution in [-0.4, -0.2) is 34.7 Å². The molecule has 0 saturated heterocycles. The van der Waals surface area contributed by atoms with Gasteiger partial charge in [-0.15, -0.1) is 10.2 Å². The van der Waals surface area contributed by atoms with Crippen molar-refractivity contribution in [2.75, 3.05) is 18.1 Å². The quantitative estimate of drug-likeness (QED) is 0.224. The lowest BCUT2D eigenvalue weighted by atomic mass is 10.1. The first-order valence-electron chi connectivity index (χ1n) is 9.63. The van der Waals surface area contributed by atoms with Gasteiger partial charge in [-0.25, -0.2) is 5.43 Å². The molecule has 8 nitrogen and oxygen atoms in total. The van der Waals surface area contributed by atoms with E-state index in [4.69, 9.17) is 15.2 Å². The monoisotopic (exact) mass is 535 g/mol. The summed E-state index contributed by atoms with van der Waals surface area (Å²) in [6, 6.07) is 11.7. The molecule has 0 saturated carbocycles. The lowest BCUT2D eigenvalue weighted by Gasteiger charge is -2.15. The fourth-order valence-corrected chi connectivity index (χ4v) is 4.61. The second-order valence-corrected chi connectivity index (χ2v) is 9.55. The zero-order valence-electron chi connectivity index (χ0n) is 17.5. The summed E-state index contributed by atoms with van der Waals surface area (Å²) < 4.78 is 13.2. The molecule has 1 amide bonds. The summed E-state index contributed by atoms with van der Waals surface area (Å²) in [6.07, 6.45) is 1.55. The molecule has 1 aromatic heterocycles. The highest BCUT2D eigenvalue weighted by Crippen LogP contribution is 2.37. The topological polar surface area (TPSA) is 112 Å². The minimum Gasteiger partial charge on any atom is -0.490 e. The standard InChI is InChI=1S/C21H22BrN5O3S2/c1-3-29-17-9-14(10-24-25-18(28)12-31-21-27-26-20(23)32-21)8-16(22)19(17)30-11-15-7-5-4-6-13(15)2/h4-10H,3,11-12H2,1-2H3,(H2,23,26)(H,25,28). The number of rotatable bonds is 10. The Kier molecular flexibility index (Phi) is 8.89. The van der Waals surface area contributed by atoms with Gasteiger partial charge in [0.1, 0.15) is 6.61 Å². The fourth-order valence-electron chi connectivity index (χ4n) is 2.60. The van der Waals surface area contributed by atoms with E-state index < -0.39 is 0 Å². The van der Waals surface area contributed by atoms with Gasteiger partial charge in [0.2, 0.25) is 5.13 Å². The van der Waals surface area contributed by atoms with Gasteiger partial charge >= 0.3 is 0 Å². The molecule has 0 atom stereocenters. The normalized spacial score (nSPS) is 11.0. The third kappa shape index (κ3) is 6.94. The number of nitrogens with two attached hydrogens (primary N) is 1. The molecule has 3 rings (SSSR count). The second-order valence-electron chi connectivity index (χ2n) is 6.47. The molecule has 0 radical (unpaired) electrons. The Morgan fingerprint density at radius 2 is 2.12 bits per heavy atom. The Morgan fingerprint density at radius 1 is 1.31 bits per heavy atom. The number of carbonyl (C=O) groups excluding carboxylic acids is 1. The Hall–Kier alpha value is -2.63. The maximum atomic E-state index is 12.0. The highest BCUT2D eigenvalue weighted by atomic mass is 79.9. The number of benzene rings is 2. The number of aryl methyl sites for hydroxylation is 1. The number of aromatic nitrogens is 2. The number of anilines is 1. The molecule has 0 fully saturated rings. The molecule has 0 aliphatic rings. The minimum absolute atomic E-state index is 0.158. The Bertz CT molecular complexity index is 1110. The molecule has 0 aliphatic carbocycles. The van der Waals surface area contributed by atoms with Crippen LogP contribution in [0.4, 0.5) is 5.13 Å². The van der Waals surface area contributed by atoms with Crippen molar-refractivity contribution < 1.29 is 14.3 Å². The van der Waals surface area contributed by atoms with Crippen molar-refractivity contribution in [3.8, 4) is 11.5 Å². The zero-order chi connectivity index (χ0) is 22.9. The van der Waals surface area contributed by atoms with E-state index in [1.54, 1.807) is 6.21 Å². The molecule has 2 aromatic carbocycles. The number of thioether (sulfide) groups is 1. The predicted molar refractivity (Wildman–Crippen MR) is 132 cm³/mol. The van der Waals surface area contributed by atoms with E-state index >= 15 is 0 Å². The van der Waals surface area contributed by atoms with Crippen molar-refractivity contribution in [2.45, 2.75) is 24.8 Å². The first-order chi connectivity index (χ1) is 15.5. The number of carbonyl (C=O) groups is 1. The van der Waals surface area contributed by atoms with Gasteiger partial charge in [-0.2, -0.15) is 5.10 Å². The Morgan fingerprint density at radius 3 is 2.84 bits per heavy atom. The molecule has 0 spiro atoms. The van der Waals surface area contributed by atoms with Crippen LogP contribution < -0.4 is 20.6 Å². The van der Waals surface area contributed by atoms with Crippen molar-refractivity contribution in [1.82, 2.24) is 15.6 Å². The van der Waals surface area contributed by atoms with Gasteiger partial charge in [-0.3, -0.25) is 4.79 Å².